The van der Waals surface area contributed by atoms with Crippen LogP contribution in [0.25, 0.3) is 0 Å². The number of nitro groups is 1. The SMILES string of the molecule is O=[N+]([O-])c1ccc(C(O)(CCF)c2ccccc2)cc1. The third-order valence-corrected chi connectivity index (χ3v) is 3.26. The highest BCUT2D eigenvalue weighted by Gasteiger charge is 2.31. The van der Waals surface area contributed by atoms with E-state index in [1.165, 1.54) is 24.3 Å². The average molecular weight is 275 g/mol. The van der Waals surface area contributed by atoms with E-state index in [1.54, 1.807) is 30.3 Å². The predicted octanol–water partition coefficient (Wildman–Crippen LogP) is 3.19. The summed E-state index contributed by atoms with van der Waals surface area (Å²) in [6.07, 6.45) is -0.102. The number of halogens is 1. The molecule has 0 amide bonds. The molecule has 1 atom stereocenters. The second kappa shape index (κ2) is 5.79. The van der Waals surface area contributed by atoms with Gasteiger partial charge in [-0.3, -0.25) is 14.5 Å². The fourth-order valence-electron chi connectivity index (χ4n) is 2.16. The lowest BCUT2D eigenvalue weighted by molar-refractivity contribution is -0.384. The monoisotopic (exact) mass is 275 g/mol. The Morgan fingerprint density at radius 2 is 1.60 bits per heavy atom. The number of hydrogen-bond donors (Lipinski definition) is 1. The first-order valence-electron chi connectivity index (χ1n) is 6.17. The van der Waals surface area contributed by atoms with Crippen LogP contribution in [0.5, 0.6) is 0 Å². The molecule has 2 aromatic carbocycles. The number of rotatable bonds is 5. The van der Waals surface area contributed by atoms with Crippen molar-refractivity contribution < 1.29 is 14.4 Å². The quantitative estimate of drug-likeness (QED) is 0.673. The fraction of sp³-hybridized carbons (Fsp3) is 0.200. The maximum Gasteiger partial charge on any atom is 0.269 e. The van der Waals surface area contributed by atoms with Gasteiger partial charge in [0.2, 0.25) is 0 Å². The van der Waals surface area contributed by atoms with Gasteiger partial charge in [0.25, 0.3) is 5.69 Å². The Hall–Kier alpha value is -2.27. The van der Waals surface area contributed by atoms with Crippen LogP contribution in [-0.4, -0.2) is 16.7 Å². The summed E-state index contributed by atoms with van der Waals surface area (Å²) < 4.78 is 12.8. The topological polar surface area (TPSA) is 63.4 Å². The minimum atomic E-state index is -1.48. The van der Waals surface area contributed by atoms with E-state index in [-0.39, 0.29) is 12.1 Å². The summed E-state index contributed by atoms with van der Waals surface area (Å²) in [5.74, 6) is 0. The van der Waals surface area contributed by atoms with E-state index in [2.05, 4.69) is 0 Å². The molecule has 0 saturated heterocycles. The molecular formula is C15H14FNO3. The van der Waals surface area contributed by atoms with Crippen molar-refractivity contribution in [1.82, 2.24) is 0 Å². The van der Waals surface area contributed by atoms with Crippen LogP contribution in [0.4, 0.5) is 10.1 Å². The highest BCUT2D eigenvalue weighted by molar-refractivity contribution is 5.40. The molecule has 2 aromatic rings. The van der Waals surface area contributed by atoms with Gasteiger partial charge in [-0.2, -0.15) is 0 Å². The Morgan fingerprint density at radius 3 is 2.10 bits per heavy atom. The Bertz CT molecular complexity index is 586. The summed E-state index contributed by atoms with van der Waals surface area (Å²) in [6.45, 7) is -0.692. The van der Waals surface area contributed by atoms with E-state index in [0.29, 0.717) is 11.1 Å². The second-order valence-electron chi connectivity index (χ2n) is 4.47. The zero-order chi connectivity index (χ0) is 14.6. The van der Waals surface area contributed by atoms with Crippen molar-refractivity contribution in [2.75, 3.05) is 6.67 Å². The summed E-state index contributed by atoms with van der Waals surface area (Å²) >= 11 is 0. The summed E-state index contributed by atoms with van der Waals surface area (Å²) in [6, 6.07) is 14.3. The van der Waals surface area contributed by atoms with E-state index in [9.17, 15) is 19.6 Å². The highest BCUT2D eigenvalue weighted by Crippen LogP contribution is 2.33. The van der Waals surface area contributed by atoms with Gasteiger partial charge in [-0.05, 0) is 23.3 Å². The van der Waals surface area contributed by atoms with E-state index < -0.39 is 17.2 Å². The lowest BCUT2D eigenvalue weighted by Gasteiger charge is -2.28. The van der Waals surface area contributed by atoms with Crippen LogP contribution in [0.3, 0.4) is 0 Å². The molecule has 1 N–H and O–H groups in total. The molecule has 0 aliphatic rings. The first kappa shape index (κ1) is 14.1. The van der Waals surface area contributed by atoms with Gasteiger partial charge in [-0.15, -0.1) is 0 Å². The average Bonchev–Trinajstić information content (AvgIpc) is 2.48. The number of non-ortho nitro benzene ring substituents is 1. The van der Waals surface area contributed by atoms with Gasteiger partial charge < -0.3 is 5.11 Å². The number of hydrogen-bond acceptors (Lipinski definition) is 3. The van der Waals surface area contributed by atoms with Gasteiger partial charge in [0, 0.05) is 18.6 Å². The molecule has 5 heteroatoms. The van der Waals surface area contributed by atoms with Crippen LogP contribution < -0.4 is 0 Å². The maximum atomic E-state index is 12.8. The maximum absolute atomic E-state index is 12.8. The largest absolute Gasteiger partial charge is 0.380 e. The van der Waals surface area contributed by atoms with Gasteiger partial charge in [-0.1, -0.05) is 30.3 Å². The molecule has 0 aliphatic carbocycles. The molecule has 4 nitrogen and oxygen atoms in total. The fourth-order valence-corrected chi connectivity index (χ4v) is 2.16. The van der Waals surface area contributed by atoms with Crippen LogP contribution in [-0.2, 0) is 5.60 Å². The van der Waals surface area contributed by atoms with Crippen molar-refractivity contribution in [2.24, 2.45) is 0 Å². The van der Waals surface area contributed by atoms with E-state index >= 15 is 0 Å². The molecule has 0 aliphatic heterocycles. The van der Waals surface area contributed by atoms with Gasteiger partial charge >= 0.3 is 0 Å². The molecule has 20 heavy (non-hydrogen) atoms. The molecule has 0 heterocycles. The normalized spacial score (nSPS) is 13.7. The van der Waals surface area contributed by atoms with Crippen molar-refractivity contribution >= 4 is 5.69 Å². The van der Waals surface area contributed by atoms with Gasteiger partial charge in [0.05, 0.1) is 11.6 Å². The Balaban J connectivity index is 2.45. The number of nitrogens with zero attached hydrogens (tertiary/aromatic N) is 1. The molecule has 2 rings (SSSR count). The van der Waals surface area contributed by atoms with Crippen molar-refractivity contribution in [3.8, 4) is 0 Å². The third kappa shape index (κ3) is 2.67. The van der Waals surface area contributed by atoms with Gasteiger partial charge in [0.1, 0.15) is 5.60 Å². The van der Waals surface area contributed by atoms with Crippen molar-refractivity contribution in [1.29, 1.82) is 0 Å². The Morgan fingerprint density at radius 1 is 1.05 bits per heavy atom. The number of aliphatic hydroxyl groups is 1. The lowest BCUT2D eigenvalue weighted by Crippen LogP contribution is -2.28. The van der Waals surface area contributed by atoms with Crippen molar-refractivity contribution in [2.45, 2.75) is 12.0 Å². The number of nitro benzene ring substituents is 1. The summed E-state index contributed by atoms with van der Waals surface area (Å²) in [5.41, 5.74) is -0.548. The lowest BCUT2D eigenvalue weighted by atomic mass is 9.84. The molecule has 0 fully saturated rings. The molecule has 104 valence electrons. The van der Waals surface area contributed by atoms with Crippen molar-refractivity contribution in [3.63, 3.8) is 0 Å². The number of benzene rings is 2. The number of alkyl halides is 1. The summed E-state index contributed by atoms with van der Waals surface area (Å²) in [4.78, 5) is 10.1. The van der Waals surface area contributed by atoms with Gasteiger partial charge in [-0.25, -0.2) is 0 Å². The minimum absolute atomic E-state index is 0.0654. The Labute approximate surface area is 115 Å². The third-order valence-electron chi connectivity index (χ3n) is 3.26. The highest BCUT2D eigenvalue weighted by atomic mass is 19.1. The van der Waals surface area contributed by atoms with Crippen LogP contribution in [0.1, 0.15) is 17.5 Å². The predicted molar refractivity (Wildman–Crippen MR) is 73.1 cm³/mol. The molecule has 0 spiro atoms. The van der Waals surface area contributed by atoms with Crippen LogP contribution in [0.15, 0.2) is 54.6 Å². The first-order valence-corrected chi connectivity index (χ1v) is 6.17. The molecule has 0 bridgehead atoms. The van der Waals surface area contributed by atoms with E-state index in [0.717, 1.165) is 0 Å². The van der Waals surface area contributed by atoms with Crippen molar-refractivity contribution in [3.05, 3.63) is 75.8 Å². The van der Waals surface area contributed by atoms with Gasteiger partial charge in [0.15, 0.2) is 0 Å². The second-order valence-corrected chi connectivity index (χ2v) is 4.47. The smallest absolute Gasteiger partial charge is 0.269 e. The zero-order valence-electron chi connectivity index (χ0n) is 10.7. The van der Waals surface area contributed by atoms with E-state index in [1.807, 2.05) is 0 Å². The minimum Gasteiger partial charge on any atom is -0.380 e. The molecule has 1 unspecified atom stereocenters. The molecule has 0 radical (unpaired) electrons. The van der Waals surface area contributed by atoms with Crippen LogP contribution in [0, 0.1) is 10.1 Å². The standard InChI is InChI=1S/C15H14FNO3/c16-11-10-15(18,12-4-2-1-3-5-12)13-6-8-14(9-7-13)17(19)20/h1-9,18H,10-11H2. The first-order chi connectivity index (χ1) is 9.58. The zero-order valence-corrected chi connectivity index (χ0v) is 10.7. The Kier molecular flexibility index (Phi) is 4.10. The molecule has 0 aromatic heterocycles. The van der Waals surface area contributed by atoms with Crippen LogP contribution in [0.2, 0.25) is 0 Å². The van der Waals surface area contributed by atoms with Crippen LogP contribution >= 0.6 is 0 Å². The summed E-state index contributed by atoms with van der Waals surface area (Å²) in [7, 11) is 0. The summed E-state index contributed by atoms with van der Waals surface area (Å²) in [5, 5.41) is 21.4. The molecular weight excluding hydrogens is 261 g/mol. The van der Waals surface area contributed by atoms with E-state index in [4.69, 9.17) is 0 Å². The molecule has 0 saturated carbocycles.